The van der Waals surface area contributed by atoms with E-state index in [-0.39, 0.29) is 23.7 Å². The lowest BCUT2D eigenvalue weighted by Gasteiger charge is -2.11. The van der Waals surface area contributed by atoms with Crippen molar-refractivity contribution in [1.82, 2.24) is 19.5 Å². The minimum atomic E-state index is -0.334. The van der Waals surface area contributed by atoms with Gasteiger partial charge in [0.2, 0.25) is 5.91 Å². The molecule has 0 bridgehead atoms. The molecule has 0 radical (unpaired) electrons. The molecule has 0 unspecified atom stereocenters. The second-order valence-electron chi connectivity index (χ2n) is 7.50. The van der Waals surface area contributed by atoms with Crippen LogP contribution in [0.25, 0.3) is 16.9 Å². The van der Waals surface area contributed by atoms with Gasteiger partial charge in [0.25, 0.3) is 5.56 Å². The predicted octanol–water partition coefficient (Wildman–Crippen LogP) is 3.02. The van der Waals surface area contributed by atoms with E-state index >= 15 is 0 Å². The number of amides is 1. The number of fused-ring (bicyclic) bond motifs is 1. The molecule has 0 fully saturated rings. The van der Waals surface area contributed by atoms with Crippen LogP contribution < -0.4 is 10.9 Å². The summed E-state index contributed by atoms with van der Waals surface area (Å²) in [5.41, 5.74) is 3.54. The Morgan fingerprint density at radius 2 is 1.85 bits per heavy atom. The van der Waals surface area contributed by atoms with Crippen molar-refractivity contribution in [2.24, 2.45) is 0 Å². The Bertz CT molecular complexity index is 1420. The summed E-state index contributed by atoms with van der Waals surface area (Å²) in [6, 6.07) is 14.6. The van der Waals surface area contributed by atoms with Crippen LogP contribution in [0.4, 0.5) is 5.69 Å². The van der Waals surface area contributed by atoms with Gasteiger partial charge >= 0.3 is 0 Å². The second kappa shape index (κ2) is 9.35. The number of benzene rings is 2. The van der Waals surface area contributed by atoms with Gasteiger partial charge in [-0.1, -0.05) is 30.8 Å². The normalized spacial score (nSPS) is 10.7. The quantitative estimate of drug-likeness (QED) is 0.444. The van der Waals surface area contributed by atoms with E-state index in [1.54, 1.807) is 24.4 Å². The molecule has 0 aliphatic rings. The Kier molecular flexibility index (Phi) is 6.17. The highest BCUT2D eigenvalue weighted by molar-refractivity contribution is 5.91. The highest BCUT2D eigenvalue weighted by Gasteiger charge is 2.12. The fourth-order valence-corrected chi connectivity index (χ4v) is 3.45. The molecule has 8 heteroatoms. The Labute approximate surface area is 189 Å². The number of nitrogens with zero attached hydrogens (tertiary/aromatic N) is 4. The van der Waals surface area contributed by atoms with E-state index in [9.17, 15) is 14.4 Å². The highest BCUT2D eigenvalue weighted by atomic mass is 16.1. The first-order valence-corrected chi connectivity index (χ1v) is 10.3. The summed E-state index contributed by atoms with van der Waals surface area (Å²) < 4.78 is 1.47. The van der Waals surface area contributed by atoms with Gasteiger partial charge in [0.15, 0.2) is 11.4 Å². The van der Waals surface area contributed by atoms with Crippen LogP contribution in [-0.4, -0.2) is 31.2 Å². The van der Waals surface area contributed by atoms with Crippen LogP contribution in [-0.2, 0) is 22.4 Å². The largest absolute Gasteiger partial charge is 0.326 e. The average molecular weight is 439 g/mol. The lowest BCUT2D eigenvalue weighted by atomic mass is 10.1. The van der Waals surface area contributed by atoms with Crippen molar-refractivity contribution in [2.45, 2.75) is 19.8 Å². The van der Waals surface area contributed by atoms with Gasteiger partial charge in [0.05, 0.1) is 18.1 Å². The van der Waals surface area contributed by atoms with Crippen molar-refractivity contribution in [3.05, 3.63) is 101 Å². The molecule has 0 aliphatic carbocycles. The molecule has 0 spiro atoms. The number of anilines is 1. The van der Waals surface area contributed by atoms with Crippen LogP contribution in [0, 0.1) is 0 Å². The molecule has 164 valence electrons. The molecule has 8 nitrogen and oxygen atoms in total. The number of carbonyl (C=O) groups is 2. The number of ketones is 1. The fourth-order valence-electron chi connectivity index (χ4n) is 3.45. The van der Waals surface area contributed by atoms with Crippen LogP contribution in [0.2, 0.25) is 0 Å². The van der Waals surface area contributed by atoms with Gasteiger partial charge in [-0.3, -0.25) is 19.0 Å². The third-order valence-electron chi connectivity index (χ3n) is 4.96. The molecular formula is C25H21N5O3. The lowest BCUT2D eigenvalue weighted by Crippen LogP contribution is -2.20. The van der Waals surface area contributed by atoms with Crippen LogP contribution >= 0.6 is 0 Å². The molecule has 0 atom stereocenters. The van der Waals surface area contributed by atoms with Crippen molar-refractivity contribution in [3.63, 3.8) is 0 Å². The number of aromatic nitrogens is 4. The van der Waals surface area contributed by atoms with E-state index in [1.807, 2.05) is 30.3 Å². The molecule has 2 aromatic heterocycles. The first-order chi connectivity index (χ1) is 15.9. The molecular weight excluding hydrogens is 418 g/mol. The molecule has 1 N–H and O–H groups in total. The first-order valence-electron chi connectivity index (χ1n) is 10.3. The smallest absolute Gasteiger partial charge is 0.275 e. The van der Waals surface area contributed by atoms with Crippen molar-refractivity contribution < 1.29 is 9.59 Å². The summed E-state index contributed by atoms with van der Waals surface area (Å²) in [5, 5.41) is 2.73. The summed E-state index contributed by atoms with van der Waals surface area (Å²) in [5.74, 6) is 0.283. The number of hydrogen-bond donors (Lipinski definition) is 1. The SMILES string of the molecule is C=CC(=O)Cc1cccc(-n2c(=O)cnc3cnc(Cc4ccc(NC(C)=O)cc4)nc32)c1. The van der Waals surface area contributed by atoms with Crippen LogP contribution in [0.15, 0.2) is 78.4 Å². The number of carbonyl (C=O) groups excluding carboxylic acids is 2. The summed E-state index contributed by atoms with van der Waals surface area (Å²) >= 11 is 0. The van der Waals surface area contributed by atoms with Gasteiger partial charge < -0.3 is 5.32 Å². The summed E-state index contributed by atoms with van der Waals surface area (Å²) in [6.45, 7) is 4.96. The van der Waals surface area contributed by atoms with Crippen molar-refractivity contribution in [3.8, 4) is 5.69 Å². The van der Waals surface area contributed by atoms with Gasteiger partial charge in [0.1, 0.15) is 11.3 Å². The third kappa shape index (κ3) is 5.07. The summed E-state index contributed by atoms with van der Waals surface area (Å²) in [6.07, 6.45) is 4.73. The van der Waals surface area contributed by atoms with Gasteiger partial charge in [-0.15, -0.1) is 0 Å². The van der Waals surface area contributed by atoms with Gasteiger partial charge in [-0.05, 0) is 41.5 Å². The standard InChI is InChI=1S/C25H21N5O3/c1-3-21(32)12-18-5-4-6-20(11-18)30-24(33)15-26-22-14-27-23(29-25(22)30)13-17-7-9-19(10-8-17)28-16(2)31/h3-11,14-15H,1,12-13H2,2H3,(H,28,31). The van der Waals surface area contributed by atoms with E-state index in [2.05, 4.69) is 26.8 Å². The van der Waals surface area contributed by atoms with E-state index in [0.29, 0.717) is 34.8 Å². The number of allylic oxidation sites excluding steroid dienone is 1. The second-order valence-corrected chi connectivity index (χ2v) is 7.50. The highest BCUT2D eigenvalue weighted by Crippen LogP contribution is 2.17. The number of rotatable bonds is 7. The topological polar surface area (TPSA) is 107 Å². The van der Waals surface area contributed by atoms with Crippen LogP contribution in [0.5, 0.6) is 0 Å². The fraction of sp³-hybridized carbons (Fsp3) is 0.120. The van der Waals surface area contributed by atoms with Gasteiger partial charge in [-0.25, -0.2) is 15.0 Å². The molecule has 1 amide bonds. The molecule has 2 aromatic carbocycles. The maximum Gasteiger partial charge on any atom is 0.275 e. The van der Waals surface area contributed by atoms with Gasteiger partial charge in [0, 0.05) is 25.5 Å². The number of hydrogen-bond acceptors (Lipinski definition) is 6. The third-order valence-corrected chi connectivity index (χ3v) is 4.96. The molecule has 0 aliphatic heterocycles. The molecule has 0 saturated heterocycles. The molecule has 0 saturated carbocycles. The molecule has 4 aromatic rings. The zero-order valence-electron chi connectivity index (χ0n) is 18.0. The lowest BCUT2D eigenvalue weighted by molar-refractivity contribution is -0.114. The number of nitrogens with one attached hydrogen (secondary N) is 1. The Balaban J connectivity index is 1.71. The van der Waals surface area contributed by atoms with Crippen molar-refractivity contribution in [1.29, 1.82) is 0 Å². The average Bonchev–Trinajstić information content (AvgIpc) is 2.80. The van der Waals surface area contributed by atoms with E-state index in [4.69, 9.17) is 0 Å². The van der Waals surface area contributed by atoms with Crippen LogP contribution in [0.3, 0.4) is 0 Å². The zero-order chi connectivity index (χ0) is 23.4. The van der Waals surface area contributed by atoms with Gasteiger partial charge in [-0.2, -0.15) is 0 Å². The van der Waals surface area contributed by atoms with Crippen molar-refractivity contribution >= 4 is 28.5 Å². The Hall–Kier alpha value is -4.46. The summed E-state index contributed by atoms with van der Waals surface area (Å²) in [4.78, 5) is 48.9. The Morgan fingerprint density at radius 1 is 1.06 bits per heavy atom. The minimum absolute atomic E-state index is 0.104. The maximum atomic E-state index is 12.7. The molecule has 4 rings (SSSR count). The zero-order valence-corrected chi connectivity index (χ0v) is 18.0. The monoisotopic (exact) mass is 439 g/mol. The minimum Gasteiger partial charge on any atom is -0.326 e. The first kappa shape index (κ1) is 21.8. The molecule has 33 heavy (non-hydrogen) atoms. The maximum absolute atomic E-state index is 12.7. The van der Waals surface area contributed by atoms with E-state index < -0.39 is 0 Å². The van der Waals surface area contributed by atoms with E-state index in [1.165, 1.54) is 23.8 Å². The predicted molar refractivity (Wildman–Crippen MR) is 125 cm³/mol. The van der Waals surface area contributed by atoms with E-state index in [0.717, 1.165) is 11.1 Å². The van der Waals surface area contributed by atoms with Crippen molar-refractivity contribution in [2.75, 3.05) is 5.32 Å². The molecule has 2 heterocycles. The van der Waals surface area contributed by atoms with Crippen LogP contribution in [0.1, 0.15) is 23.9 Å². The summed E-state index contributed by atoms with van der Waals surface area (Å²) in [7, 11) is 0. The Morgan fingerprint density at radius 3 is 2.58 bits per heavy atom.